The van der Waals surface area contributed by atoms with Gasteiger partial charge in [-0.15, -0.1) is 0 Å². The molecule has 2 rings (SSSR count). The van der Waals surface area contributed by atoms with Crippen LogP contribution in [0.2, 0.25) is 0 Å². The molecular weight excluding hydrogens is 306 g/mol. The second-order valence-electron chi connectivity index (χ2n) is 5.63. The van der Waals surface area contributed by atoms with Crippen LogP contribution in [0.5, 0.6) is 0 Å². The van der Waals surface area contributed by atoms with Gasteiger partial charge in [0.15, 0.2) is 0 Å². The number of carbonyl (C=O) groups is 2. The predicted molar refractivity (Wildman–Crippen MR) is 79.1 cm³/mol. The molecule has 1 aromatic carbocycles. The monoisotopic (exact) mass is 323 g/mol. The lowest BCUT2D eigenvalue weighted by molar-refractivity contribution is -0.384. The minimum absolute atomic E-state index is 0.0609. The summed E-state index contributed by atoms with van der Waals surface area (Å²) in [4.78, 5) is 34.3. The number of aliphatic carboxylic acids is 1. The Balaban J connectivity index is 2.34. The number of non-ortho nitro benzene ring substituents is 1. The van der Waals surface area contributed by atoms with Gasteiger partial charge in [0, 0.05) is 31.1 Å². The highest BCUT2D eigenvalue weighted by Crippen LogP contribution is 2.32. The number of nitrogens with two attached hydrogens (primary N) is 1. The van der Waals surface area contributed by atoms with Gasteiger partial charge in [-0.25, -0.2) is 9.59 Å². The van der Waals surface area contributed by atoms with E-state index in [2.05, 4.69) is 0 Å². The summed E-state index contributed by atoms with van der Waals surface area (Å²) in [5.74, 6) is -1.25. The van der Waals surface area contributed by atoms with E-state index in [4.69, 9.17) is 5.73 Å². The van der Waals surface area contributed by atoms with Gasteiger partial charge in [0.1, 0.15) is 5.54 Å². The molecular formula is C14H17N3O6. The number of nitro benzene ring substituents is 1. The second kappa shape index (κ2) is 6.21. The van der Waals surface area contributed by atoms with E-state index in [0.29, 0.717) is 12.0 Å². The Morgan fingerprint density at radius 2 is 1.96 bits per heavy atom. The van der Waals surface area contributed by atoms with Crippen LogP contribution in [0.4, 0.5) is 10.5 Å². The predicted octanol–water partition coefficient (Wildman–Crippen LogP) is 1.06. The van der Waals surface area contributed by atoms with E-state index in [0.717, 1.165) is 4.90 Å². The zero-order chi connectivity index (χ0) is 17.2. The van der Waals surface area contributed by atoms with Gasteiger partial charge in [0.25, 0.3) is 5.69 Å². The molecule has 1 aliphatic rings. The SMILES string of the molecule is NC1CCC(Cc2ccc([N+](=O)[O-])cc2)(C(=O)O)N(C(=O)O)C1. The maximum atomic E-state index is 11.8. The van der Waals surface area contributed by atoms with Gasteiger partial charge in [0.05, 0.1) is 4.92 Å². The summed E-state index contributed by atoms with van der Waals surface area (Å²) >= 11 is 0. The molecule has 0 aromatic heterocycles. The molecule has 23 heavy (non-hydrogen) atoms. The van der Waals surface area contributed by atoms with E-state index in [-0.39, 0.29) is 25.1 Å². The first-order chi connectivity index (χ1) is 10.8. The fourth-order valence-electron chi connectivity index (χ4n) is 2.88. The van der Waals surface area contributed by atoms with Crippen molar-refractivity contribution in [1.82, 2.24) is 4.90 Å². The highest BCUT2D eigenvalue weighted by Gasteiger charge is 2.49. The van der Waals surface area contributed by atoms with Gasteiger partial charge in [-0.2, -0.15) is 0 Å². The number of rotatable bonds is 4. The summed E-state index contributed by atoms with van der Waals surface area (Å²) in [6, 6.07) is 5.01. The van der Waals surface area contributed by atoms with E-state index >= 15 is 0 Å². The summed E-state index contributed by atoms with van der Waals surface area (Å²) in [5.41, 5.74) is 4.55. The molecule has 1 saturated heterocycles. The standard InChI is InChI=1S/C14H17N3O6/c15-10-5-6-14(12(18)19,16(8-10)13(20)21)7-9-1-3-11(4-2-9)17(22)23/h1-4,10H,5-8,15H2,(H,18,19)(H,20,21). The maximum Gasteiger partial charge on any atom is 0.408 e. The molecule has 1 aromatic rings. The summed E-state index contributed by atoms with van der Waals surface area (Å²) in [7, 11) is 0. The van der Waals surface area contributed by atoms with Crippen LogP contribution in [0.25, 0.3) is 0 Å². The van der Waals surface area contributed by atoms with Crippen molar-refractivity contribution in [2.45, 2.75) is 30.8 Å². The van der Waals surface area contributed by atoms with Crippen molar-refractivity contribution >= 4 is 17.7 Å². The van der Waals surface area contributed by atoms with Crippen molar-refractivity contribution < 1.29 is 24.7 Å². The van der Waals surface area contributed by atoms with Crippen LogP contribution in [-0.2, 0) is 11.2 Å². The first kappa shape index (κ1) is 16.7. The molecule has 2 atom stereocenters. The van der Waals surface area contributed by atoms with Crippen molar-refractivity contribution in [3.05, 3.63) is 39.9 Å². The molecule has 4 N–H and O–H groups in total. The van der Waals surface area contributed by atoms with Gasteiger partial charge in [0.2, 0.25) is 0 Å². The van der Waals surface area contributed by atoms with E-state index in [1.54, 1.807) is 0 Å². The minimum atomic E-state index is -1.61. The van der Waals surface area contributed by atoms with E-state index in [1.165, 1.54) is 24.3 Å². The van der Waals surface area contributed by atoms with E-state index in [9.17, 15) is 29.9 Å². The number of carboxylic acid groups (broad SMARTS) is 2. The number of hydrogen-bond acceptors (Lipinski definition) is 5. The molecule has 1 fully saturated rings. The number of hydrogen-bond donors (Lipinski definition) is 3. The molecule has 9 heteroatoms. The van der Waals surface area contributed by atoms with Gasteiger partial charge < -0.3 is 15.9 Å². The number of likely N-dealkylation sites (tertiary alicyclic amines) is 1. The molecule has 1 amide bonds. The maximum absolute atomic E-state index is 11.8. The molecule has 1 heterocycles. The average Bonchev–Trinajstić information content (AvgIpc) is 2.49. The summed E-state index contributed by atoms with van der Waals surface area (Å²) in [6.45, 7) is -0.0609. The zero-order valence-electron chi connectivity index (χ0n) is 12.2. The Hall–Kier alpha value is -2.68. The number of nitro groups is 1. The molecule has 0 saturated carbocycles. The molecule has 0 bridgehead atoms. The van der Waals surface area contributed by atoms with E-state index in [1.807, 2.05) is 0 Å². The first-order valence-corrected chi connectivity index (χ1v) is 6.99. The van der Waals surface area contributed by atoms with Gasteiger partial charge in [-0.1, -0.05) is 12.1 Å². The van der Waals surface area contributed by atoms with Crippen LogP contribution in [0.3, 0.4) is 0 Å². The third-order valence-corrected chi connectivity index (χ3v) is 4.14. The topological polar surface area (TPSA) is 147 Å². The molecule has 0 aliphatic carbocycles. The van der Waals surface area contributed by atoms with E-state index < -0.39 is 28.6 Å². The lowest BCUT2D eigenvalue weighted by atomic mass is 9.80. The third-order valence-electron chi connectivity index (χ3n) is 4.14. The van der Waals surface area contributed by atoms with Crippen LogP contribution in [0.1, 0.15) is 18.4 Å². The lowest BCUT2D eigenvalue weighted by Gasteiger charge is -2.44. The number of nitrogens with zero attached hydrogens (tertiary/aromatic N) is 2. The highest BCUT2D eigenvalue weighted by molar-refractivity contribution is 5.84. The number of carboxylic acids is 1. The highest BCUT2D eigenvalue weighted by atomic mass is 16.6. The van der Waals surface area contributed by atoms with Crippen molar-refractivity contribution in [3.63, 3.8) is 0 Å². The third kappa shape index (κ3) is 3.24. The summed E-state index contributed by atoms with van der Waals surface area (Å²) in [5, 5.41) is 29.7. The van der Waals surface area contributed by atoms with Crippen LogP contribution in [0, 0.1) is 10.1 Å². The number of benzene rings is 1. The van der Waals surface area contributed by atoms with Crippen LogP contribution < -0.4 is 5.73 Å². The zero-order valence-corrected chi connectivity index (χ0v) is 12.2. The quantitative estimate of drug-likeness (QED) is 0.554. The fraction of sp³-hybridized carbons (Fsp3) is 0.429. The van der Waals surface area contributed by atoms with Gasteiger partial charge in [-0.05, 0) is 18.4 Å². The summed E-state index contributed by atoms with van der Waals surface area (Å²) in [6.07, 6.45) is -0.931. The Morgan fingerprint density at radius 3 is 2.43 bits per heavy atom. The minimum Gasteiger partial charge on any atom is -0.479 e. The molecule has 1 aliphatic heterocycles. The molecule has 9 nitrogen and oxygen atoms in total. The average molecular weight is 323 g/mol. The van der Waals surface area contributed by atoms with Gasteiger partial charge in [-0.3, -0.25) is 15.0 Å². The normalized spacial score (nSPS) is 24.2. The second-order valence-corrected chi connectivity index (χ2v) is 5.63. The Bertz CT molecular complexity index is 632. The number of piperidine rings is 1. The van der Waals surface area contributed by atoms with Crippen molar-refractivity contribution in [2.75, 3.05) is 6.54 Å². The Morgan fingerprint density at radius 1 is 1.35 bits per heavy atom. The van der Waals surface area contributed by atoms with Crippen molar-refractivity contribution in [2.24, 2.45) is 5.73 Å². The largest absolute Gasteiger partial charge is 0.479 e. The Kier molecular flexibility index (Phi) is 4.50. The fourth-order valence-corrected chi connectivity index (χ4v) is 2.88. The molecule has 0 radical (unpaired) electrons. The molecule has 0 spiro atoms. The van der Waals surface area contributed by atoms with Crippen molar-refractivity contribution in [1.29, 1.82) is 0 Å². The lowest BCUT2D eigenvalue weighted by Crippen LogP contribution is -2.64. The number of amides is 1. The van der Waals surface area contributed by atoms with Gasteiger partial charge >= 0.3 is 12.1 Å². The first-order valence-electron chi connectivity index (χ1n) is 6.99. The van der Waals surface area contributed by atoms with Crippen LogP contribution in [0.15, 0.2) is 24.3 Å². The molecule has 2 unspecified atom stereocenters. The molecule has 124 valence electrons. The van der Waals surface area contributed by atoms with Crippen LogP contribution in [-0.4, -0.2) is 50.2 Å². The van der Waals surface area contributed by atoms with Crippen LogP contribution >= 0.6 is 0 Å². The van der Waals surface area contributed by atoms with Crippen molar-refractivity contribution in [3.8, 4) is 0 Å². The summed E-state index contributed by atoms with van der Waals surface area (Å²) < 4.78 is 0. The Labute approximate surface area is 131 Å². The smallest absolute Gasteiger partial charge is 0.408 e.